The Morgan fingerprint density at radius 1 is 1.44 bits per heavy atom. The molecule has 0 bridgehead atoms. The normalized spacial score (nSPS) is 23.8. The molecule has 1 saturated heterocycles. The summed E-state index contributed by atoms with van der Waals surface area (Å²) in [6.45, 7) is 0.574. The van der Waals surface area contributed by atoms with Crippen LogP contribution in [0, 0.1) is 0 Å². The molecule has 3 atom stereocenters. The van der Waals surface area contributed by atoms with E-state index in [1.54, 1.807) is 6.33 Å². The highest BCUT2D eigenvalue weighted by molar-refractivity contribution is 7.09. The summed E-state index contributed by atoms with van der Waals surface area (Å²) in [5, 5.41) is 0. The Hall–Kier alpha value is -1.30. The minimum absolute atomic E-state index is 0.0607. The first-order valence-corrected chi connectivity index (χ1v) is 6.17. The molecule has 18 heavy (non-hydrogen) atoms. The van der Waals surface area contributed by atoms with E-state index in [9.17, 15) is 0 Å². The highest BCUT2D eigenvalue weighted by atomic mass is 31.0. The smallest absolute Gasteiger partial charge is 0.167 e. The SMILES string of the molecule is Nc1ncnc2c1ncn2[C@H]1CC[C@@H](COP)O1. The average Bonchev–Trinajstić information content (AvgIpc) is 2.96. The number of nitrogens with zero attached hydrogens (tertiary/aromatic N) is 4. The Bertz CT molecular complexity index is 560. The quantitative estimate of drug-likeness (QED) is 0.831. The van der Waals surface area contributed by atoms with Crippen molar-refractivity contribution in [2.24, 2.45) is 0 Å². The highest BCUT2D eigenvalue weighted by Gasteiger charge is 2.28. The highest BCUT2D eigenvalue weighted by Crippen LogP contribution is 2.31. The van der Waals surface area contributed by atoms with Crippen LogP contribution in [0.25, 0.3) is 11.2 Å². The van der Waals surface area contributed by atoms with E-state index in [0.29, 0.717) is 23.6 Å². The maximum absolute atomic E-state index is 5.88. The van der Waals surface area contributed by atoms with Gasteiger partial charge in [0.15, 0.2) is 11.5 Å². The summed E-state index contributed by atoms with van der Waals surface area (Å²) < 4.78 is 12.8. The van der Waals surface area contributed by atoms with Gasteiger partial charge in [-0.2, -0.15) is 0 Å². The van der Waals surface area contributed by atoms with Gasteiger partial charge in [0.05, 0.1) is 19.0 Å². The summed E-state index contributed by atoms with van der Waals surface area (Å²) in [6.07, 6.45) is 5.06. The van der Waals surface area contributed by atoms with Crippen LogP contribution >= 0.6 is 9.47 Å². The zero-order valence-corrected chi connectivity index (χ0v) is 10.8. The topological polar surface area (TPSA) is 88.1 Å². The Morgan fingerprint density at radius 3 is 3.17 bits per heavy atom. The third-order valence-electron chi connectivity index (χ3n) is 3.06. The molecule has 1 aliphatic heterocycles. The maximum Gasteiger partial charge on any atom is 0.167 e. The van der Waals surface area contributed by atoms with Crippen LogP contribution in [0.3, 0.4) is 0 Å². The minimum atomic E-state index is -0.0607. The van der Waals surface area contributed by atoms with Crippen molar-refractivity contribution in [3.8, 4) is 0 Å². The summed E-state index contributed by atoms with van der Waals surface area (Å²) in [6, 6.07) is 0. The Kier molecular flexibility index (Phi) is 3.11. The molecular formula is C10H14N5O2P. The number of imidazole rings is 1. The van der Waals surface area contributed by atoms with Gasteiger partial charge < -0.3 is 15.0 Å². The first kappa shape index (κ1) is 11.8. The first-order valence-electron chi connectivity index (χ1n) is 5.69. The number of hydrogen-bond donors (Lipinski definition) is 1. The molecule has 0 radical (unpaired) electrons. The van der Waals surface area contributed by atoms with Crippen molar-refractivity contribution < 1.29 is 9.26 Å². The molecule has 0 saturated carbocycles. The molecule has 7 nitrogen and oxygen atoms in total. The number of fused-ring (bicyclic) bond motifs is 1. The fourth-order valence-corrected chi connectivity index (χ4v) is 2.42. The van der Waals surface area contributed by atoms with Crippen LogP contribution in [-0.2, 0) is 9.26 Å². The number of nitrogen functional groups attached to an aromatic ring is 1. The predicted molar refractivity (Wildman–Crippen MR) is 68.5 cm³/mol. The van der Waals surface area contributed by atoms with Gasteiger partial charge >= 0.3 is 0 Å². The van der Waals surface area contributed by atoms with Crippen LogP contribution in [0.5, 0.6) is 0 Å². The van der Waals surface area contributed by atoms with Gasteiger partial charge in [-0.15, -0.1) is 0 Å². The second kappa shape index (κ2) is 4.76. The summed E-state index contributed by atoms with van der Waals surface area (Å²) in [4.78, 5) is 12.4. The van der Waals surface area contributed by atoms with Crippen LogP contribution in [0.4, 0.5) is 5.82 Å². The van der Waals surface area contributed by atoms with Crippen molar-refractivity contribution in [3.63, 3.8) is 0 Å². The lowest BCUT2D eigenvalue weighted by atomic mass is 10.2. The summed E-state index contributed by atoms with van der Waals surface area (Å²) in [7, 11) is 2.24. The van der Waals surface area contributed by atoms with Crippen molar-refractivity contribution >= 4 is 26.4 Å². The fourth-order valence-electron chi connectivity index (χ4n) is 2.20. The van der Waals surface area contributed by atoms with E-state index in [2.05, 4.69) is 24.4 Å². The van der Waals surface area contributed by atoms with Gasteiger partial charge in [0.1, 0.15) is 18.1 Å². The summed E-state index contributed by atoms with van der Waals surface area (Å²) >= 11 is 0. The van der Waals surface area contributed by atoms with Gasteiger partial charge in [0.25, 0.3) is 0 Å². The number of rotatable bonds is 3. The lowest BCUT2D eigenvalue weighted by molar-refractivity contribution is -0.0130. The molecule has 0 aliphatic carbocycles. The second-order valence-corrected chi connectivity index (χ2v) is 4.54. The zero-order chi connectivity index (χ0) is 12.5. The summed E-state index contributed by atoms with van der Waals surface area (Å²) in [5.74, 6) is 0.390. The molecule has 96 valence electrons. The standard InChI is InChI=1S/C10H14N5O2P/c11-9-8-10(13-4-12-9)15(5-14-8)7-2-1-6(17-7)3-16-18/h4-7H,1-3,18H2,(H2,11,12,13)/t6-,7+/m0/s1. The number of aromatic nitrogens is 4. The molecule has 0 amide bonds. The number of nitrogens with two attached hydrogens (primary N) is 1. The van der Waals surface area contributed by atoms with Crippen LogP contribution in [0.1, 0.15) is 19.1 Å². The van der Waals surface area contributed by atoms with Crippen molar-refractivity contribution in [3.05, 3.63) is 12.7 Å². The van der Waals surface area contributed by atoms with Gasteiger partial charge in [-0.3, -0.25) is 4.57 Å². The third kappa shape index (κ3) is 1.94. The molecule has 0 aromatic carbocycles. The number of anilines is 1. The van der Waals surface area contributed by atoms with E-state index in [1.165, 1.54) is 6.33 Å². The molecule has 2 aromatic heterocycles. The van der Waals surface area contributed by atoms with Crippen molar-refractivity contribution in [2.75, 3.05) is 12.3 Å². The monoisotopic (exact) mass is 267 g/mol. The average molecular weight is 267 g/mol. The molecule has 1 unspecified atom stereocenters. The van der Waals surface area contributed by atoms with Crippen molar-refractivity contribution in [1.29, 1.82) is 0 Å². The van der Waals surface area contributed by atoms with Crippen molar-refractivity contribution in [1.82, 2.24) is 19.5 Å². The Labute approximate surface area is 106 Å². The zero-order valence-electron chi connectivity index (χ0n) is 9.69. The Morgan fingerprint density at radius 2 is 2.33 bits per heavy atom. The first-order chi connectivity index (χ1) is 8.79. The fraction of sp³-hybridized carbons (Fsp3) is 0.500. The van der Waals surface area contributed by atoms with Gasteiger partial charge in [-0.25, -0.2) is 15.0 Å². The lowest BCUT2D eigenvalue weighted by Crippen LogP contribution is -2.14. The molecule has 1 aliphatic rings. The maximum atomic E-state index is 5.88. The van der Waals surface area contributed by atoms with Gasteiger partial charge in [0.2, 0.25) is 0 Å². The van der Waals surface area contributed by atoms with Crippen LogP contribution < -0.4 is 5.73 Å². The molecule has 2 aromatic rings. The number of ether oxygens (including phenoxy) is 1. The van der Waals surface area contributed by atoms with Crippen LogP contribution in [0.15, 0.2) is 12.7 Å². The van der Waals surface area contributed by atoms with E-state index in [0.717, 1.165) is 12.8 Å². The second-order valence-electron chi connectivity index (χ2n) is 4.21. The van der Waals surface area contributed by atoms with E-state index in [4.69, 9.17) is 15.0 Å². The molecule has 3 rings (SSSR count). The molecule has 3 heterocycles. The number of hydrogen-bond acceptors (Lipinski definition) is 6. The lowest BCUT2D eigenvalue weighted by Gasteiger charge is -2.14. The van der Waals surface area contributed by atoms with Crippen molar-refractivity contribution in [2.45, 2.75) is 25.2 Å². The third-order valence-corrected chi connectivity index (χ3v) is 3.26. The molecular weight excluding hydrogens is 253 g/mol. The van der Waals surface area contributed by atoms with E-state index in [-0.39, 0.29) is 12.3 Å². The van der Waals surface area contributed by atoms with E-state index in [1.807, 2.05) is 4.57 Å². The van der Waals surface area contributed by atoms with Crippen LogP contribution in [0.2, 0.25) is 0 Å². The summed E-state index contributed by atoms with van der Waals surface area (Å²) in [5.41, 5.74) is 7.08. The largest absolute Gasteiger partial charge is 0.382 e. The molecule has 2 N–H and O–H groups in total. The van der Waals surface area contributed by atoms with Gasteiger partial charge in [-0.05, 0) is 12.8 Å². The Balaban J connectivity index is 1.89. The molecule has 0 spiro atoms. The van der Waals surface area contributed by atoms with Gasteiger partial charge in [-0.1, -0.05) is 0 Å². The van der Waals surface area contributed by atoms with E-state index < -0.39 is 0 Å². The molecule has 8 heteroatoms. The van der Waals surface area contributed by atoms with Crippen LogP contribution in [-0.4, -0.2) is 32.2 Å². The molecule has 1 fully saturated rings. The van der Waals surface area contributed by atoms with E-state index >= 15 is 0 Å². The predicted octanol–water partition coefficient (Wildman–Crippen LogP) is 0.893. The minimum Gasteiger partial charge on any atom is -0.382 e. The van der Waals surface area contributed by atoms with Gasteiger partial charge in [0, 0.05) is 9.47 Å².